The fourth-order valence-corrected chi connectivity index (χ4v) is 5.33. The zero-order valence-corrected chi connectivity index (χ0v) is 18.6. The average molecular weight is 436 g/mol. The predicted octanol–water partition coefficient (Wildman–Crippen LogP) is 4.04. The number of hydrogen-bond acceptors (Lipinski definition) is 5. The number of ether oxygens (including phenoxy) is 1. The quantitative estimate of drug-likeness (QED) is 0.421. The van der Waals surface area contributed by atoms with Gasteiger partial charge in [0.15, 0.2) is 6.10 Å². The maximum absolute atomic E-state index is 14.6. The minimum Gasteiger partial charge on any atom is -0.458 e. The van der Waals surface area contributed by atoms with Gasteiger partial charge in [0.25, 0.3) is 5.56 Å². The van der Waals surface area contributed by atoms with Crippen LogP contribution in [0.2, 0.25) is 0 Å². The third-order valence-electron chi connectivity index (χ3n) is 6.94. The van der Waals surface area contributed by atoms with Crippen molar-refractivity contribution in [2.24, 2.45) is 0 Å². The number of hydrogen-bond donors (Lipinski definition) is 1. The van der Waals surface area contributed by atoms with Gasteiger partial charge in [0, 0.05) is 22.6 Å². The van der Waals surface area contributed by atoms with E-state index in [4.69, 9.17) is 9.72 Å². The van der Waals surface area contributed by atoms with Crippen LogP contribution < -0.4 is 5.56 Å². The number of cyclic esters (lactones) is 1. The molecule has 1 aromatic carbocycles. The first-order chi connectivity index (χ1) is 15.4. The van der Waals surface area contributed by atoms with Crippen molar-refractivity contribution < 1.29 is 19.0 Å². The summed E-state index contributed by atoms with van der Waals surface area (Å²) in [5.41, 5.74) is 5.84. The second kappa shape index (κ2) is 7.24. The number of esters is 1. The molecule has 0 fully saturated rings. The van der Waals surface area contributed by atoms with Crippen LogP contribution in [0.15, 0.2) is 16.9 Å². The number of pyridine rings is 2. The fraction of sp³-hybridized carbons (Fsp3) is 0.400. The van der Waals surface area contributed by atoms with Crippen LogP contribution in [-0.4, -0.2) is 20.6 Å². The molecule has 1 N–H and O–H groups in total. The Labute approximate surface area is 184 Å². The van der Waals surface area contributed by atoms with Crippen LogP contribution in [-0.2, 0) is 29.1 Å². The van der Waals surface area contributed by atoms with Gasteiger partial charge in [-0.2, -0.15) is 0 Å². The van der Waals surface area contributed by atoms with Gasteiger partial charge in [0.2, 0.25) is 0 Å². The summed E-state index contributed by atoms with van der Waals surface area (Å²) < 4.78 is 21.2. The van der Waals surface area contributed by atoms with Crippen molar-refractivity contribution in [1.29, 1.82) is 0 Å². The Bertz CT molecular complexity index is 1380. The van der Waals surface area contributed by atoms with E-state index in [9.17, 15) is 19.1 Å². The van der Waals surface area contributed by atoms with Crippen molar-refractivity contribution in [3.63, 3.8) is 0 Å². The summed E-state index contributed by atoms with van der Waals surface area (Å²) in [6.07, 6.45) is 0.230. The molecular weight excluding hydrogens is 411 g/mol. The highest BCUT2D eigenvalue weighted by Crippen LogP contribution is 2.45. The SMILES string of the molecule is CC.Cc1c(F)cc2nc3c(c4c2c1CCC4C)Cn1c-3cc2c(c1=O)COC(=O)C2O. The topological polar surface area (TPSA) is 81.4 Å². The van der Waals surface area contributed by atoms with E-state index in [0.29, 0.717) is 34.6 Å². The molecule has 2 atom stereocenters. The van der Waals surface area contributed by atoms with E-state index in [1.165, 1.54) is 6.07 Å². The molecule has 3 aliphatic rings. The Balaban J connectivity index is 0.00000105. The molecule has 3 aromatic rings. The summed E-state index contributed by atoms with van der Waals surface area (Å²) in [6.45, 7) is 8.19. The van der Waals surface area contributed by atoms with Crippen LogP contribution in [0.25, 0.3) is 22.3 Å². The number of fused-ring (bicyclic) bond motifs is 5. The molecule has 32 heavy (non-hydrogen) atoms. The molecule has 1 aliphatic carbocycles. The van der Waals surface area contributed by atoms with Crippen molar-refractivity contribution in [2.45, 2.75) is 65.7 Å². The molecule has 2 unspecified atom stereocenters. The van der Waals surface area contributed by atoms with Crippen LogP contribution >= 0.6 is 0 Å². The van der Waals surface area contributed by atoms with Gasteiger partial charge in [-0.25, -0.2) is 14.2 Å². The first kappa shape index (κ1) is 20.8. The third kappa shape index (κ3) is 2.64. The number of aliphatic hydroxyl groups excluding tert-OH is 1. The monoisotopic (exact) mass is 436 g/mol. The Morgan fingerprint density at radius 3 is 2.69 bits per heavy atom. The number of nitrogens with zero attached hydrogens (tertiary/aromatic N) is 2. The standard InChI is InChI=1S/C23H19FN2O4.C2H6/c1-9-3-4-11-10(2)15(24)6-16-19(11)18(9)13-7-26-17(20(13)25-16)5-12-14(22(26)28)8-30-23(29)21(12)27;1-2/h5-6,9,21,27H,3-4,7-8H2,1-2H3;1-2H3. The summed E-state index contributed by atoms with van der Waals surface area (Å²) in [5.74, 6) is -0.774. The number of carbonyl (C=O) groups excluding carboxylic acids is 1. The van der Waals surface area contributed by atoms with Gasteiger partial charge in [-0.1, -0.05) is 20.8 Å². The van der Waals surface area contributed by atoms with E-state index in [0.717, 1.165) is 34.9 Å². The van der Waals surface area contributed by atoms with Crippen molar-refractivity contribution in [3.05, 3.63) is 61.7 Å². The van der Waals surface area contributed by atoms with Crippen LogP contribution in [0.3, 0.4) is 0 Å². The van der Waals surface area contributed by atoms with Gasteiger partial charge < -0.3 is 14.4 Å². The normalized spacial score (nSPS) is 20.1. The molecule has 6 rings (SSSR count). The second-order valence-corrected chi connectivity index (χ2v) is 8.51. The molecular formula is C25H25FN2O4. The molecule has 0 saturated heterocycles. The van der Waals surface area contributed by atoms with Crippen LogP contribution in [0.4, 0.5) is 4.39 Å². The Morgan fingerprint density at radius 1 is 1.19 bits per heavy atom. The fourth-order valence-electron chi connectivity index (χ4n) is 5.33. The van der Waals surface area contributed by atoms with E-state index in [1.54, 1.807) is 10.6 Å². The van der Waals surface area contributed by atoms with Crippen molar-refractivity contribution >= 4 is 16.9 Å². The first-order valence-corrected chi connectivity index (χ1v) is 11.1. The lowest BCUT2D eigenvalue weighted by Crippen LogP contribution is -2.32. The molecule has 2 aliphatic heterocycles. The molecule has 166 valence electrons. The predicted molar refractivity (Wildman–Crippen MR) is 118 cm³/mol. The number of halogens is 1. The first-order valence-electron chi connectivity index (χ1n) is 11.1. The minimum atomic E-state index is -1.49. The molecule has 4 heterocycles. The van der Waals surface area contributed by atoms with Crippen molar-refractivity contribution in [1.82, 2.24) is 9.55 Å². The van der Waals surface area contributed by atoms with Crippen LogP contribution in [0.5, 0.6) is 0 Å². The number of carbonyl (C=O) groups is 1. The maximum atomic E-state index is 14.6. The highest BCUT2D eigenvalue weighted by atomic mass is 19.1. The molecule has 0 radical (unpaired) electrons. The van der Waals surface area contributed by atoms with Gasteiger partial charge >= 0.3 is 5.97 Å². The molecule has 7 heteroatoms. The Hall–Kier alpha value is -3.06. The zero-order valence-electron chi connectivity index (χ0n) is 18.6. The molecule has 0 spiro atoms. The lowest BCUT2D eigenvalue weighted by atomic mass is 9.79. The summed E-state index contributed by atoms with van der Waals surface area (Å²) >= 11 is 0. The average Bonchev–Trinajstić information content (AvgIpc) is 3.16. The summed E-state index contributed by atoms with van der Waals surface area (Å²) in [5, 5.41) is 11.3. The number of aromatic nitrogens is 2. The highest BCUT2D eigenvalue weighted by molar-refractivity contribution is 5.93. The minimum absolute atomic E-state index is 0.145. The Morgan fingerprint density at radius 2 is 1.94 bits per heavy atom. The molecule has 6 nitrogen and oxygen atoms in total. The van der Waals surface area contributed by atoms with E-state index in [1.807, 2.05) is 20.8 Å². The van der Waals surface area contributed by atoms with Crippen LogP contribution in [0, 0.1) is 12.7 Å². The van der Waals surface area contributed by atoms with Gasteiger partial charge in [0.1, 0.15) is 12.4 Å². The largest absolute Gasteiger partial charge is 0.458 e. The number of rotatable bonds is 0. The zero-order chi connectivity index (χ0) is 22.9. The van der Waals surface area contributed by atoms with Gasteiger partial charge in [-0.05, 0) is 48.4 Å². The lowest BCUT2D eigenvalue weighted by molar-refractivity contribution is -0.157. The van der Waals surface area contributed by atoms with Gasteiger partial charge in [-0.3, -0.25) is 4.79 Å². The number of aliphatic hydroxyl groups is 1. The summed E-state index contributed by atoms with van der Waals surface area (Å²) in [6, 6.07) is 3.14. The van der Waals surface area contributed by atoms with E-state index >= 15 is 0 Å². The van der Waals surface area contributed by atoms with E-state index in [2.05, 4.69) is 6.92 Å². The lowest BCUT2D eigenvalue weighted by Gasteiger charge is -2.26. The Kier molecular flexibility index (Phi) is 4.71. The van der Waals surface area contributed by atoms with Crippen LogP contribution in [0.1, 0.15) is 72.6 Å². The molecule has 0 amide bonds. The number of aryl methyl sites for hydroxylation is 1. The van der Waals surface area contributed by atoms with Gasteiger partial charge in [0.05, 0.1) is 29.0 Å². The maximum Gasteiger partial charge on any atom is 0.340 e. The van der Waals surface area contributed by atoms with E-state index < -0.39 is 12.1 Å². The highest BCUT2D eigenvalue weighted by Gasteiger charge is 2.36. The third-order valence-corrected chi connectivity index (χ3v) is 6.94. The molecule has 2 aromatic heterocycles. The summed E-state index contributed by atoms with van der Waals surface area (Å²) in [4.78, 5) is 29.7. The molecule has 0 bridgehead atoms. The smallest absolute Gasteiger partial charge is 0.340 e. The number of benzene rings is 1. The van der Waals surface area contributed by atoms with E-state index in [-0.39, 0.29) is 29.5 Å². The molecule has 0 saturated carbocycles. The van der Waals surface area contributed by atoms with Crippen molar-refractivity contribution in [2.75, 3.05) is 0 Å². The van der Waals surface area contributed by atoms with Gasteiger partial charge in [-0.15, -0.1) is 0 Å². The van der Waals surface area contributed by atoms with Crippen molar-refractivity contribution in [3.8, 4) is 11.4 Å². The second-order valence-electron chi connectivity index (χ2n) is 8.51. The summed E-state index contributed by atoms with van der Waals surface area (Å²) in [7, 11) is 0.